The summed E-state index contributed by atoms with van der Waals surface area (Å²) in [6, 6.07) is 3.35. The number of hydrogen-bond donors (Lipinski definition) is 2. The Morgan fingerprint density at radius 3 is 2.90 bits per heavy atom. The zero-order chi connectivity index (χ0) is 15.1. The Balaban J connectivity index is 1.94. The molecule has 2 heterocycles. The Hall–Kier alpha value is -2.65. The number of aliphatic hydroxyl groups excluding tert-OH is 1. The molecule has 0 radical (unpaired) electrons. The van der Waals surface area contributed by atoms with Gasteiger partial charge in [-0.3, -0.25) is 4.79 Å². The molecule has 6 nitrogen and oxygen atoms in total. The monoisotopic (exact) mass is 284 g/mol. The van der Waals surface area contributed by atoms with Crippen LogP contribution in [0, 0.1) is 11.8 Å². The van der Waals surface area contributed by atoms with Gasteiger partial charge in [0.1, 0.15) is 11.5 Å². The molecule has 0 aromatic carbocycles. The maximum absolute atomic E-state index is 11.9. The molecule has 0 saturated carbocycles. The van der Waals surface area contributed by atoms with Gasteiger partial charge in [0.2, 0.25) is 0 Å². The highest BCUT2D eigenvalue weighted by Gasteiger charge is 2.07. The first kappa shape index (κ1) is 14.8. The molecule has 1 amide bonds. The predicted octanol–water partition coefficient (Wildman–Crippen LogP) is 0.479. The van der Waals surface area contributed by atoms with Crippen LogP contribution in [0.25, 0.3) is 0 Å². The van der Waals surface area contributed by atoms with Gasteiger partial charge in [-0.05, 0) is 12.1 Å². The quantitative estimate of drug-likeness (QED) is 0.800. The number of nitrogens with zero attached hydrogens (tertiary/aromatic N) is 3. The van der Waals surface area contributed by atoms with E-state index in [1.807, 2.05) is 17.8 Å². The fourth-order valence-corrected chi connectivity index (χ4v) is 1.64. The van der Waals surface area contributed by atoms with E-state index in [0.717, 1.165) is 5.82 Å². The molecule has 0 unspecified atom stereocenters. The molecule has 2 rings (SSSR count). The molecule has 0 aliphatic carbocycles. The number of pyridine rings is 1. The molecule has 2 N–H and O–H groups in total. The normalized spacial score (nSPS) is 9.81. The standard InChI is InChI=1S/C15H16N4O2/c1-19-8-7-16-14(19)11-18-15(21)13-6-5-12(10-17-13)4-2-3-9-20/h5-8,10,20H,3,9,11H2,1H3,(H,18,21). The van der Waals surface area contributed by atoms with Crippen molar-refractivity contribution < 1.29 is 9.90 Å². The molecule has 0 fully saturated rings. The van der Waals surface area contributed by atoms with Crippen LogP contribution in [-0.4, -0.2) is 32.2 Å². The summed E-state index contributed by atoms with van der Waals surface area (Å²) in [6.07, 6.45) is 5.46. The minimum Gasteiger partial charge on any atom is -0.395 e. The smallest absolute Gasteiger partial charge is 0.270 e. The van der Waals surface area contributed by atoms with Gasteiger partial charge in [-0.1, -0.05) is 11.8 Å². The molecular weight excluding hydrogens is 268 g/mol. The van der Waals surface area contributed by atoms with Crippen molar-refractivity contribution in [2.75, 3.05) is 6.61 Å². The highest BCUT2D eigenvalue weighted by atomic mass is 16.2. The molecule has 0 saturated heterocycles. The largest absolute Gasteiger partial charge is 0.395 e. The van der Waals surface area contributed by atoms with E-state index in [4.69, 9.17) is 5.11 Å². The van der Waals surface area contributed by atoms with Crippen LogP contribution in [0.4, 0.5) is 0 Å². The number of rotatable bonds is 4. The first-order valence-corrected chi connectivity index (χ1v) is 6.51. The first-order chi connectivity index (χ1) is 10.2. The fraction of sp³-hybridized carbons (Fsp3) is 0.267. The van der Waals surface area contributed by atoms with Crippen molar-refractivity contribution in [3.05, 3.63) is 47.8 Å². The lowest BCUT2D eigenvalue weighted by Gasteiger charge is -2.04. The van der Waals surface area contributed by atoms with Crippen LogP contribution >= 0.6 is 0 Å². The van der Waals surface area contributed by atoms with E-state index in [9.17, 15) is 4.79 Å². The van der Waals surface area contributed by atoms with Crippen LogP contribution in [0.5, 0.6) is 0 Å². The third kappa shape index (κ3) is 4.16. The van der Waals surface area contributed by atoms with Crippen molar-refractivity contribution >= 4 is 5.91 Å². The number of aromatic nitrogens is 3. The number of carbonyl (C=O) groups excluding carboxylic acids is 1. The van der Waals surface area contributed by atoms with E-state index in [1.165, 1.54) is 0 Å². The molecule has 21 heavy (non-hydrogen) atoms. The van der Waals surface area contributed by atoms with E-state index in [-0.39, 0.29) is 12.5 Å². The van der Waals surface area contributed by atoms with Crippen molar-refractivity contribution in [2.24, 2.45) is 7.05 Å². The Kier molecular flexibility index (Phi) is 5.07. The third-order valence-corrected chi connectivity index (χ3v) is 2.79. The highest BCUT2D eigenvalue weighted by Crippen LogP contribution is 2.00. The lowest BCUT2D eigenvalue weighted by Crippen LogP contribution is -2.25. The number of imidazole rings is 1. The summed E-state index contributed by atoms with van der Waals surface area (Å²) in [5.74, 6) is 6.17. The Bertz CT molecular complexity index is 665. The van der Waals surface area contributed by atoms with Crippen LogP contribution < -0.4 is 5.32 Å². The van der Waals surface area contributed by atoms with E-state index in [1.54, 1.807) is 24.5 Å². The van der Waals surface area contributed by atoms with Crippen LogP contribution in [0.2, 0.25) is 0 Å². The zero-order valence-electron chi connectivity index (χ0n) is 11.7. The van der Waals surface area contributed by atoms with Crippen molar-refractivity contribution in [3.8, 4) is 11.8 Å². The van der Waals surface area contributed by atoms with Crippen molar-refractivity contribution in [1.29, 1.82) is 0 Å². The summed E-state index contributed by atoms with van der Waals surface area (Å²) in [4.78, 5) is 20.1. The SMILES string of the molecule is Cn1ccnc1CNC(=O)c1ccc(C#CCCO)cn1. The minimum atomic E-state index is -0.257. The average Bonchev–Trinajstić information content (AvgIpc) is 2.91. The number of aliphatic hydroxyl groups is 1. The summed E-state index contributed by atoms with van der Waals surface area (Å²) >= 11 is 0. The number of aryl methyl sites for hydroxylation is 1. The van der Waals surface area contributed by atoms with Gasteiger partial charge >= 0.3 is 0 Å². The molecule has 108 valence electrons. The van der Waals surface area contributed by atoms with Crippen LogP contribution in [0.15, 0.2) is 30.7 Å². The Morgan fingerprint density at radius 1 is 1.43 bits per heavy atom. The second-order valence-electron chi connectivity index (χ2n) is 4.34. The summed E-state index contributed by atoms with van der Waals surface area (Å²) in [5, 5.41) is 11.4. The van der Waals surface area contributed by atoms with Crippen LogP contribution in [0.1, 0.15) is 28.3 Å². The lowest BCUT2D eigenvalue weighted by molar-refractivity contribution is 0.0944. The van der Waals surface area contributed by atoms with Gasteiger partial charge in [0.05, 0.1) is 13.2 Å². The van der Waals surface area contributed by atoms with Gasteiger partial charge < -0.3 is 15.0 Å². The molecule has 0 atom stereocenters. The summed E-state index contributed by atoms with van der Waals surface area (Å²) < 4.78 is 1.84. The molecule has 0 aliphatic heterocycles. The summed E-state index contributed by atoms with van der Waals surface area (Å²) in [6.45, 7) is 0.385. The highest BCUT2D eigenvalue weighted by molar-refractivity contribution is 5.92. The molecule has 0 bridgehead atoms. The molecule has 0 aliphatic rings. The molecule has 2 aromatic heterocycles. The average molecular weight is 284 g/mol. The van der Waals surface area contributed by atoms with Gasteiger partial charge in [-0.25, -0.2) is 9.97 Å². The van der Waals surface area contributed by atoms with Crippen LogP contribution in [0.3, 0.4) is 0 Å². The van der Waals surface area contributed by atoms with Gasteiger partial charge in [0, 0.05) is 37.6 Å². The maximum Gasteiger partial charge on any atom is 0.270 e. The maximum atomic E-state index is 11.9. The number of carbonyl (C=O) groups is 1. The minimum absolute atomic E-state index is 0.0358. The van der Waals surface area contributed by atoms with E-state index in [0.29, 0.717) is 24.2 Å². The van der Waals surface area contributed by atoms with Gasteiger partial charge in [0.15, 0.2) is 0 Å². The first-order valence-electron chi connectivity index (χ1n) is 6.51. The van der Waals surface area contributed by atoms with Gasteiger partial charge in [-0.2, -0.15) is 0 Å². The Morgan fingerprint density at radius 2 is 2.29 bits per heavy atom. The molecule has 2 aromatic rings. The van der Waals surface area contributed by atoms with Crippen molar-refractivity contribution in [3.63, 3.8) is 0 Å². The number of hydrogen-bond acceptors (Lipinski definition) is 4. The molecular formula is C15H16N4O2. The van der Waals surface area contributed by atoms with E-state index in [2.05, 4.69) is 27.1 Å². The predicted molar refractivity (Wildman–Crippen MR) is 77.2 cm³/mol. The van der Waals surface area contributed by atoms with Crippen LogP contribution in [-0.2, 0) is 13.6 Å². The third-order valence-electron chi connectivity index (χ3n) is 2.79. The Labute approximate surface area is 122 Å². The number of nitrogens with one attached hydrogen (secondary N) is 1. The number of amides is 1. The summed E-state index contributed by atoms with van der Waals surface area (Å²) in [5.41, 5.74) is 1.04. The zero-order valence-corrected chi connectivity index (χ0v) is 11.7. The van der Waals surface area contributed by atoms with Crippen molar-refractivity contribution in [2.45, 2.75) is 13.0 Å². The van der Waals surface area contributed by atoms with E-state index < -0.39 is 0 Å². The fourth-order valence-electron chi connectivity index (χ4n) is 1.64. The summed E-state index contributed by atoms with van der Waals surface area (Å²) in [7, 11) is 1.87. The lowest BCUT2D eigenvalue weighted by atomic mass is 10.2. The van der Waals surface area contributed by atoms with E-state index >= 15 is 0 Å². The second kappa shape index (κ2) is 7.22. The van der Waals surface area contributed by atoms with Gasteiger partial charge in [-0.15, -0.1) is 0 Å². The van der Waals surface area contributed by atoms with Crippen molar-refractivity contribution in [1.82, 2.24) is 19.9 Å². The second-order valence-corrected chi connectivity index (χ2v) is 4.34. The molecule has 0 spiro atoms. The molecule has 6 heteroatoms. The van der Waals surface area contributed by atoms with Gasteiger partial charge in [0.25, 0.3) is 5.91 Å². The topological polar surface area (TPSA) is 80.0 Å².